The third kappa shape index (κ3) is 5.70. The van der Waals surface area contributed by atoms with Crippen LogP contribution >= 0.6 is 0 Å². The van der Waals surface area contributed by atoms with Gasteiger partial charge in [-0.15, -0.1) is 0 Å². The number of ether oxygens (including phenoxy) is 1. The summed E-state index contributed by atoms with van der Waals surface area (Å²) in [5, 5.41) is 2.79. The number of rotatable bonds is 8. The van der Waals surface area contributed by atoms with E-state index in [4.69, 9.17) is 4.74 Å². The first-order valence-corrected chi connectivity index (χ1v) is 9.62. The number of amides is 1. The van der Waals surface area contributed by atoms with Crippen molar-refractivity contribution >= 4 is 15.7 Å². The second kappa shape index (κ2) is 8.49. The number of para-hydroxylation sites is 1. The quantitative estimate of drug-likeness (QED) is 0.745. The van der Waals surface area contributed by atoms with Crippen LogP contribution < -0.4 is 10.1 Å². The first kappa shape index (κ1) is 18.0. The van der Waals surface area contributed by atoms with Crippen molar-refractivity contribution in [3.05, 3.63) is 60.2 Å². The Morgan fingerprint density at radius 3 is 2.50 bits per heavy atom. The zero-order valence-electron chi connectivity index (χ0n) is 13.6. The fraction of sp³-hybridized carbons (Fsp3) is 0.278. The zero-order valence-corrected chi connectivity index (χ0v) is 14.4. The average molecular weight is 347 g/mol. The molecule has 2 aromatic rings. The molecule has 0 bridgehead atoms. The van der Waals surface area contributed by atoms with Crippen molar-refractivity contribution in [2.75, 3.05) is 19.4 Å². The van der Waals surface area contributed by atoms with Gasteiger partial charge in [0.15, 0.2) is 9.84 Å². The minimum Gasteiger partial charge on any atom is -0.494 e. The number of benzene rings is 2. The van der Waals surface area contributed by atoms with Gasteiger partial charge >= 0.3 is 0 Å². The Balaban J connectivity index is 1.72. The molecule has 0 aromatic heterocycles. The Morgan fingerprint density at radius 1 is 1.04 bits per heavy atom. The third-order valence-corrected chi connectivity index (χ3v) is 4.50. The van der Waals surface area contributed by atoms with Gasteiger partial charge in [0, 0.05) is 18.4 Å². The van der Waals surface area contributed by atoms with E-state index in [1.165, 1.54) is 12.1 Å². The topological polar surface area (TPSA) is 72.5 Å². The van der Waals surface area contributed by atoms with Crippen LogP contribution in [0.15, 0.2) is 59.5 Å². The molecule has 0 aliphatic heterocycles. The molecule has 0 radical (unpaired) electrons. The van der Waals surface area contributed by atoms with Gasteiger partial charge in [0.25, 0.3) is 5.91 Å². The molecule has 24 heavy (non-hydrogen) atoms. The van der Waals surface area contributed by atoms with Gasteiger partial charge in [0.2, 0.25) is 0 Å². The van der Waals surface area contributed by atoms with Gasteiger partial charge in [0.1, 0.15) is 5.75 Å². The van der Waals surface area contributed by atoms with Crippen LogP contribution in [0.4, 0.5) is 0 Å². The molecule has 0 saturated heterocycles. The zero-order chi connectivity index (χ0) is 17.4. The SMILES string of the molecule is CS(=O)(=O)c1cccc(C(=O)NCCCCOc2ccccc2)c1. The number of hydrogen-bond acceptors (Lipinski definition) is 4. The molecule has 0 spiro atoms. The van der Waals surface area contributed by atoms with Gasteiger partial charge in [-0.1, -0.05) is 24.3 Å². The lowest BCUT2D eigenvalue weighted by Crippen LogP contribution is -2.24. The van der Waals surface area contributed by atoms with E-state index in [1.54, 1.807) is 12.1 Å². The van der Waals surface area contributed by atoms with E-state index < -0.39 is 9.84 Å². The highest BCUT2D eigenvalue weighted by atomic mass is 32.2. The molecule has 2 rings (SSSR count). The second-order valence-electron chi connectivity index (χ2n) is 5.42. The van der Waals surface area contributed by atoms with Crippen molar-refractivity contribution < 1.29 is 17.9 Å². The molecule has 0 aliphatic rings. The highest BCUT2D eigenvalue weighted by Gasteiger charge is 2.11. The fourth-order valence-corrected chi connectivity index (χ4v) is 2.77. The summed E-state index contributed by atoms with van der Waals surface area (Å²) in [4.78, 5) is 12.2. The van der Waals surface area contributed by atoms with Gasteiger partial charge in [-0.25, -0.2) is 8.42 Å². The van der Waals surface area contributed by atoms with Crippen LogP contribution in [0.25, 0.3) is 0 Å². The summed E-state index contributed by atoms with van der Waals surface area (Å²) >= 11 is 0. The Bertz CT molecular complexity index is 773. The number of hydrogen-bond donors (Lipinski definition) is 1. The molecule has 2 aromatic carbocycles. The molecule has 128 valence electrons. The lowest BCUT2D eigenvalue weighted by atomic mass is 10.2. The minimum atomic E-state index is -3.31. The lowest BCUT2D eigenvalue weighted by Gasteiger charge is -2.08. The van der Waals surface area contributed by atoms with E-state index >= 15 is 0 Å². The summed E-state index contributed by atoms with van der Waals surface area (Å²) in [6.07, 6.45) is 2.72. The van der Waals surface area contributed by atoms with E-state index in [0.29, 0.717) is 18.7 Å². The number of carbonyl (C=O) groups is 1. The van der Waals surface area contributed by atoms with Gasteiger partial charge in [-0.3, -0.25) is 4.79 Å². The summed E-state index contributed by atoms with van der Waals surface area (Å²) in [5.74, 6) is 0.559. The van der Waals surface area contributed by atoms with Gasteiger partial charge in [0.05, 0.1) is 11.5 Å². The lowest BCUT2D eigenvalue weighted by molar-refractivity contribution is 0.0952. The molecular formula is C18H21NO4S. The normalized spacial score (nSPS) is 11.0. The minimum absolute atomic E-state index is 0.145. The largest absolute Gasteiger partial charge is 0.494 e. The maximum atomic E-state index is 12.0. The molecule has 0 heterocycles. The molecule has 0 aliphatic carbocycles. The number of nitrogens with one attached hydrogen (secondary N) is 1. The van der Waals surface area contributed by atoms with Crippen molar-refractivity contribution in [1.29, 1.82) is 0 Å². The Hall–Kier alpha value is -2.34. The standard InChI is InChI=1S/C18H21NO4S/c1-24(21,22)17-11-7-8-15(14-17)18(20)19-12-5-6-13-23-16-9-3-2-4-10-16/h2-4,7-11,14H,5-6,12-13H2,1H3,(H,19,20). The summed E-state index contributed by atoms with van der Waals surface area (Å²) in [6, 6.07) is 15.6. The van der Waals surface area contributed by atoms with E-state index in [-0.39, 0.29) is 10.8 Å². The Morgan fingerprint density at radius 2 is 1.79 bits per heavy atom. The van der Waals surface area contributed by atoms with Crippen molar-refractivity contribution in [2.45, 2.75) is 17.7 Å². The van der Waals surface area contributed by atoms with E-state index in [9.17, 15) is 13.2 Å². The van der Waals surface area contributed by atoms with Gasteiger partial charge in [-0.2, -0.15) is 0 Å². The molecule has 0 unspecified atom stereocenters. The molecule has 1 N–H and O–H groups in total. The fourth-order valence-electron chi connectivity index (χ4n) is 2.11. The van der Waals surface area contributed by atoms with Crippen LogP contribution in [0.3, 0.4) is 0 Å². The summed E-state index contributed by atoms with van der Waals surface area (Å²) < 4.78 is 28.6. The van der Waals surface area contributed by atoms with Crippen molar-refractivity contribution in [1.82, 2.24) is 5.32 Å². The van der Waals surface area contributed by atoms with Crippen LogP contribution in [0, 0.1) is 0 Å². The van der Waals surface area contributed by atoms with Crippen LogP contribution in [0.5, 0.6) is 5.75 Å². The third-order valence-electron chi connectivity index (χ3n) is 3.39. The average Bonchev–Trinajstić information content (AvgIpc) is 2.58. The Labute approximate surface area is 142 Å². The highest BCUT2D eigenvalue weighted by molar-refractivity contribution is 7.90. The predicted molar refractivity (Wildman–Crippen MR) is 93.1 cm³/mol. The maximum absolute atomic E-state index is 12.0. The summed E-state index contributed by atoms with van der Waals surface area (Å²) in [5.41, 5.74) is 0.346. The van der Waals surface area contributed by atoms with E-state index in [1.807, 2.05) is 30.3 Å². The van der Waals surface area contributed by atoms with Crippen molar-refractivity contribution in [3.8, 4) is 5.75 Å². The van der Waals surface area contributed by atoms with E-state index in [2.05, 4.69) is 5.32 Å². The smallest absolute Gasteiger partial charge is 0.251 e. The summed E-state index contributed by atoms with van der Waals surface area (Å²) in [6.45, 7) is 1.10. The van der Waals surface area contributed by atoms with Crippen LogP contribution in [-0.4, -0.2) is 33.7 Å². The molecule has 1 amide bonds. The number of sulfone groups is 1. The number of unbranched alkanes of at least 4 members (excludes halogenated alkanes) is 1. The molecule has 6 heteroatoms. The highest BCUT2D eigenvalue weighted by Crippen LogP contribution is 2.11. The van der Waals surface area contributed by atoms with Crippen molar-refractivity contribution in [3.63, 3.8) is 0 Å². The van der Waals surface area contributed by atoms with Crippen LogP contribution in [0.2, 0.25) is 0 Å². The van der Waals surface area contributed by atoms with E-state index in [0.717, 1.165) is 24.8 Å². The molecule has 5 nitrogen and oxygen atoms in total. The Kier molecular flexibility index (Phi) is 6.37. The molecule has 0 saturated carbocycles. The first-order valence-electron chi connectivity index (χ1n) is 7.73. The van der Waals surface area contributed by atoms with Gasteiger partial charge < -0.3 is 10.1 Å². The first-order chi connectivity index (χ1) is 11.5. The second-order valence-corrected chi connectivity index (χ2v) is 7.44. The van der Waals surface area contributed by atoms with Gasteiger partial charge in [-0.05, 0) is 43.2 Å². The molecule has 0 atom stereocenters. The maximum Gasteiger partial charge on any atom is 0.251 e. The monoisotopic (exact) mass is 347 g/mol. The van der Waals surface area contributed by atoms with Crippen LogP contribution in [0.1, 0.15) is 23.2 Å². The number of carbonyl (C=O) groups excluding carboxylic acids is 1. The van der Waals surface area contributed by atoms with Crippen molar-refractivity contribution in [2.24, 2.45) is 0 Å². The molecular weight excluding hydrogens is 326 g/mol. The molecule has 0 fully saturated rings. The van der Waals surface area contributed by atoms with Crippen LogP contribution in [-0.2, 0) is 9.84 Å². The summed E-state index contributed by atoms with van der Waals surface area (Å²) in [7, 11) is -3.31. The predicted octanol–water partition coefficient (Wildman–Crippen LogP) is 2.68.